The number of hydrogen-bond acceptors (Lipinski definition) is 3. The molecule has 1 aromatic rings. The summed E-state index contributed by atoms with van der Waals surface area (Å²) in [5, 5.41) is -0.193. The lowest BCUT2D eigenvalue weighted by Crippen LogP contribution is -2.13. The molecule has 0 spiro atoms. The van der Waals surface area contributed by atoms with Crippen molar-refractivity contribution in [3.8, 4) is 0 Å². The Bertz CT molecular complexity index is 342. The van der Waals surface area contributed by atoms with Gasteiger partial charge in [-0.25, -0.2) is 9.37 Å². The third kappa shape index (κ3) is 1.45. The lowest BCUT2D eigenvalue weighted by Gasteiger charge is -2.00. The van der Waals surface area contributed by atoms with E-state index in [2.05, 4.69) is 4.98 Å². The number of nitrogen functional groups attached to an aromatic ring is 1. The van der Waals surface area contributed by atoms with Crippen LogP contribution in [0.1, 0.15) is 10.4 Å². The number of primary amides is 1. The van der Waals surface area contributed by atoms with E-state index < -0.39 is 11.7 Å². The quantitative estimate of drug-likeness (QED) is 0.633. The Hall–Kier alpha value is -1.36. The minimum atomic E-state index is -0.841. The second kappa shape index (κ2) is 2.94. The van der Waals surface area contributed by atoms with E-state index in [1.807, 2.05) is 0 Å². The fraction of sp³-hybridized carbons (Fsp3) is 0. The first-order valence-corrected chi connectivity index (χ1v) is 3.31. The molecule has 1 amide bonds. The summed E-state index contributed by atoms with van der Waals surface area (Å²) in [4.78, 5) is 13.9. The number of amides is 1. The summed E-state index contributed by atoms with van der Waals surface area (Å²) in [6.07, 6.45) is 0. The molecule has 0 saturated heterocycles. The molecule has 64 valence electrons. The Morgan fingerprint density at radius 3 is 2.75 bits per heavy atom. The van der Waals surface area contributed by atoms with Crippen LogP contribution in [0.3, 0.4) is 0 Å². The zero-order chi connectivity index (χ0) is 9.30. The third-order valence-electron chi connectivity index (χ3n) is 1.22. The second-order valence-electron chi connectivity index (χ2n) is 2.06. The Kier molecular flexibility index (Phi) is 2.14. The molecule has 1 heterocycles. The minimum absolute atomic E-state index is 0.177. The van der Waals surface area contributed by atoms with Gasteiger partial charge in [0.05, 0.1) is 5.56 Å². The monoisotopic (exact) mass is 189 g/mol. The predicted octanol–water partition coefficient (Wildman–Crippen LogP) is 0.555. The van der Waals surface area contributed by atoms with Gasteiger partial charge in [-0.2, -0.15) is 0 Å². The molecule has 4 nitrogen and oxygen atoms in total. The summed E-state index contributed by atoms with van der Waals surface area (Å²) in [6, 6.07) is 0.854. The first-order valence-electron chi connectivity index (χ1n) is 2.93. The van der Waals surface area contributed by atoms with Gasteiger partial charge >= 0.3 is 0 Å². The fourth-order valence-electron chi connectivity index (χ4n) is 0.652. The lowest BCUT2D eigenvalue weighted by atomic mass is 10.2. The van der Waals surface area contributed by atoms with Gasteiger partial charge in [-0.15, -0.1) is 0 Å². The Morgan fingerprint density at radius 1 is 1.67 bits per heavy atom. The summed E-state index contributed by atoms with van der Waals surface area (Å²) < 4.78 is 12.7. The number of anilines is 1. The largest absolute Gasteiger partial charge is 0.381 e. The average molecular weight is 190 g/mol. The number of nitrogens with zero attached hydrogens (tertiary/aromatic N) is 1. The van der Waals surface area contributed by atoms with E-state index in [1.165, 1.54) is 0 Å². The maximum atomic E-state index is 12.7. The number of nitrogens with two attached hydrogens (primary N) is 2. The molecule has 0 fully saturated rings. The summed E-state index contributed by atoms with van der Waals surface area (Å²) in [5.74, 6) is -2.01. The van der Waals surface area contributed by atoms with E-state index in [0.717, 1.165) is 6.07 Å². The second-order valence-corrected chi connectivity index (χ2v) is 2.42. The molecule has 0 radical (unpaired) electrons. The van der Waals surface area contributed by atoms with E-state index in [0.29, 0.717) is 0 Å². The Morgan fingerprint density at radius 2 is 2.25 bits per heavy atom. The van der Waals surface area contributed by atoms with Crippen molar-refractivity contribution in [3.05, 3.63) is 22.6 Å². The number of carbonyl (C=O) groups is 1. The van der Waals surface area contributed by atoms with Gasteiger partial charge in [-0.05, 0) is 6.07 Å². The number of pyridine rings is 1. The standard InChI is InChI=1S/C6H5ClFN3O/c7-4-2(6(10)12)1-3(8)5(9)11-4/h1H,(H2,9,11)(H2,10,12). The summed E-state index contributed by atoms with van der Waals surface area (Å²) >= 11 is 5.44. The summed E-state index contributed by atoms with van der Waals surface area (Å²) in [7, 11) is 0. The number of rotatable bonds is 1. The van der Waals surface area contributed by atoms with E-state index in [4.69, 9.17) is 23.1 Å². The van der Waals surface area contributed by atoms with Gasteiger partial charge < -0.3 is 11.5 Å². The molecule has 0 aliphatic carbocycles. The van der Waals surface area contributed by atoms with Gasteiger partial charge in [-0.3, -0.25) is 4.79 Å². The lowest BCUT2D eigenvalue weighted by molar-refractivity contribution is 0.0999. The molecule has 0 atom stereocenters. The number of hydrogen-bond donors (Lipinski definition) is 2. The molecule has 0 bridgehead atoms. The average Bonchev–Trinajstić information content (AvgIpc) is 1.96. The van der Waals surface area contributed by atoms with Gasteiger partial charge in [-0.1, -0.05) is 11.6 Å². The molecule has 6 heteroatoms. The SMILES string of the molecule is NC(=O)c1cc(F)c(N)nc1Cl. The zero-order valence-electron chi connectivity index (χ0n) is 5.84. The first-order chi connectivity index (χ1) is 5.52. The van der Waals surface area contributed by atoms with Crippen molar-refractivity contribution in [2.45, 2.75) is 0 Å². The Balaban J connectivity index is 3.33. The van der Waals surface area contributed by atoms with Crippen LogP contribution < -0.4 is 11.5 Å². The number of halogens is 2. The van der Waals surface area contributed by atoms with Crippen LogP contribution >= 0.6 is 11.6 Å². The molecule has 0 aliphatic rings. The van der Waals surface area contributed by atoms with Crippen molar-refractivity contribution in [1.29, 1.82) is 0 Å². The van der Waals surface area contributed by atoms with Gasteiger partial charge in [0, 0.05) is 0 Å². The maximum absolute atomic E-state index is 12.7. The van der Waals surface area contributed by atoms with Crippen molar-refractivity contribution in [1.82, 2.24) is 4.98 Å². The van der Waals surface area contributed by atoms with E-state index >= 15 is 0 Å². The van der Waals surface area contributed by atoms with Crippen LogP contribution in [0.15, 0.2) is 6.07 Å². The van der Waals surface area contributed by atoms with Crippen LogP contribution in [-0.4, -0.2) is 10.9 Å². The Labute approximate surface area is 72.3 Å². The molecule has 0 aliphatic heterocycles. The van der Waals surface area contributed by atoms with Crippen molar-refractivity contribution >= 4 is 23.3 Å². The van der Waals surface area contributed by atoms with E-state index in [-0.39, 0.29) is 16.5 Å². The molecule has 1 aromatic heterocycles. The highest BCUT2D eigenvalue weighted by atomic mass is 35.5. The topological polar surface area (TPSA) is 82.0 Å². The van der Waals surface area contributed by atoms with Crippen molar-refractivity contribution in [3.63, 3.8) is 0 Å². The zero-order valence-corrected chi connectivity index (χ0v) is 6.60. The smallest absolute Gasteiger partial charge is 0.251 e. The summed E-state index contributed by atoms with van der Waals surface area (Å²) in [6.45, 7) is 0. The highest BCUT2D eigenvalue weighted by Gasteiger charge is 2.11. The van der Waals surface area contributed by atoms with Gasteiger partial charge in [0.25, 0.3) is 5.91 Å². The first kappa shape index (κ1) is 8.73. The fourth-order valence-corrected chi connectivity index (χ4v) is 0.891. The van der Waals surface area contributed by atoms with Crippen molar-refractivity contribution in [2.75, 3.05) is 5.73 Å². The highest BCUT2D eigenvalue weighted by Crippen LogP contribution is 2.17. The van der Waals surface area contributed by atoms with Crippen LogP contribution in [0.25, 0.3) is 0 Å². The number of carbonyl (C=O) groups excluding carboxylic acids is 1. The van der Waals surface area contributed by atoms with Gasteiger partial charge in [0.2, 0.25) is 0 Å². The third-order valence-corrected chi connectivity index (χ3v) is 1.51. The molecule has 12 heavy (non-hydrogen) atoms. The molecular weight excluding hydrogens is 185 g/mol. The normalized spacial score (nSPS) is 9.83. The molecule has 4 N–H and O–H groups in total. The molecular formula is C6H5ClFN3O. The van der Waals surface area contributed by atoms with Crippen molar-refractivity contribution < 1.29 is 9.18 Å². The van der Waals surface area contributed by atoms with E-state index in [9.17, 15) is 9.18 Å². The van der Waals surface area contributed by atoms with Crippen LogP contribution in [-0.2, 0) is 0 Å². The molecule has 1 rings (SSSR count). The highest BCUT2D eigenvalue weighted by molar-refractivity contribution is 6.32. The summed E-state index contributed by atoms with van der Waals surface area (Å²) in [5.41, 5.74) is 9.75. The minimum Gasteiger partial charge on any atom is -0.381 e. The number of aromatic nitrogens is 1. The predicted molar refractivity (Wildman–Crippen MR) is 42.1 cm³/mol. The maximum Gasteiger partial charge on any atom is 0.251 e. The van der Waals surface area contributed by atoms with Crippen molar-refractivity contribution in [2.24, 2.45) is 5.73 Å². The molecule has 0 saturated carbocycles. The molecule has 0 unspecified atom stereocenters. The van der Waals surface area contributed by atoms with Crippen LogP contribution in [0, 0.1) is 5.82 Å². The van der Waals surface area contributed by atoms with Crippen LogP contribution in [0.4, 0.5) is 10.2 Å². The van der Waals surface area contributed by atoms with E-state index in [1.54, 1.807) is 0 Å². The van der Waals surface area contributed by atoms with Crippen LogP contribution in [0.5, 0.6) is 0 Å². The van der Waals surface area contributed by atoms with Gasteiger partial charge in [0.15, 0.2) is 11.6 Å². The van der Waals surface area contributed by atoms with Gasteiger partial charge in [0.1, 0.15) is 5.15 Å². The van der Waals surface area contributed by atoms with Crippen LogP contribution in [0.2, 0.25) is 5.15 Å². The molecule has 0 aromatic carbocycles.